The van der Waals surface area contributed by atoms with E-state index in [1.807, 2.05) is 31.4 Å². The third-order valence-electron chi connectivity index (χ3n) is 2.74. The molecule has 2 heterocycles. The zero-order valence-electron chi connectivity index (χ0n) is 10.5. The minimum atomic E-state index is -0.0265. The number of methoxy groups -OCH3 is 1. The van der Waals surface area contributed by atoms with E-state index in [2.05, 4.69) is 15.5 Å². The first-order valence-electron chi connectivity index (χ1n) is 5.67. The SMILES string of the molecule is COc1ccc(CC(NN)c2ccn(C)n2)cn1. The summed E-state index contributed by atoms with van der Waals surface area (Å²) in [6.07, 6.45) is 4.41. The largest absolute Gasteiger partial charge is 0.481 e. The molecule has 0 spiro atoms. The van der Waals surface area contributed by atoms with Gasteiger partial charge in [-0.1, -0.05) is 6.07 Å². The molecule has 0 saturated heterocycles. The number of nitrogens with zero attached hydrogens (tertiary/aromatic N) is 3. The molecular weight excluding hydrogens is 230 g/mol. The average molecular weight is 247 g/mol. The number of aryl methyl sites for hydroxylation is 1. The maximum absolute atomic E-state index is 5.57. The molecule has 0 aliphatic rings. The molecule has 2 aromatic heterocycles. The van der Waals surface area contributed by atoms with Gasteiger partial charge in [0, 0.05) is 25.5 Å². The van der Waals surface area contributed by atoms with E-state index >= 15 is 0 Å². The molecule has 0 aliphatic heterocycles. The number of hydrazine groups is 1. The van der Waals surface area contributed by atoms with Crippen molar-refractivity contribution in [1.82, 2.24) is 20.2 Å². The van der Waals surface area contributed by atoms with Gasteiger partial charge >= 0.3 is 0 Å². The van der Waals surface area contributed by atoms with Gasteiger partial charge in [0.15, 0.2) is 0 Å². The van der Waals surface area contributed by atoms with Crippen LogP contribution in [0.1, 0.15) is 17.3 Å². The van der Waals surface area contributed by atoms with Crippen molar-refractivity contribution >= 4 is 0 Å². The van der Waals surface area contributed by atoms with Gasteiger partial charge in [-0.3, -0.25) is 16.0 Å². The molecule has 0 aromatic carbocycles. The smallest absolute Gasteiger partial charge is 0.212 e. The summed E-state index contributed by atoms with van der Waals surface area (Å²) in [4.78, 5) is 4.17. The Balaban J connectivity index is 2.10. The summed E-state index contributed by atoms with van der Waals surface area (Å²) < 4.78 is 6.78. The lowest BCUT2D eigenvalue weighted by molar-refractivity contribution is 0.397. The molecule has 2 rings (SSSR count). The van der Waals surface area contributed by atoms with E-state index in [9.17, 15) is 0 Å². The Morgan fingerprint density at radius 3 is 2.78 bits per heavy atom. The highest BCUT2D eigenvalue weighted by atomic mass is 16.5. The average Bonchev–Trinajstić information content (AvgIpc) is 2.83. The van der Waals surface area contributed by atoms with Crippen LogP contribution < -0.4 is 16.0 Å². The first kappa shape index (κ1) is 12.5. The normalized spacial score (nSPS) is 12.4. The van der Waals surface area contributed by atoms with E-state index in [1.165, 1.54) is 0 Å². The summed E-state index contributed by atoms with van der Waals surface area (Å²) in [5.41, 5.74) is 4.76. The van der Waals surface area contributed by atoms with Crippen LogP contribution in [-0.4, -0.2) is 21.9 Å². The van der Waals surface area contributed by atoms with Gasteiger partial charge in [0.1, 0.15) is 0 Å². The Morgan fingerprint density at radius 1 is 1.44 bits per heavy atom. The second-order valence-corrected chi connectivity index (χ2v) is 4.05. The number of nitrogens with two attached hydrogens (primary N) is 1. The van der Waals surface area contributed by atoms with Crippen molar-refractivity contribution < 1.29 is 4.74 Å². The third-order valence-corrected chi connectivity index (χ3v) is 2.74. The Hall–Kier alpha value is -1.92. The lowest BCUT2D eigenvalue weighted by Crippen LogP contribution is -2.30. The molecule has 0 radical (unpaired) electrons. The van der Waals surface area contributed by atoms with E-state index < -0.39 is 0 Å². The van der Waals surface area contributed by atoms with Gasteiger partial charge in [-0.15, -0.1) is 0 Å². The second kappa shape index (κ2) is 5.61. The summed E-state index contributed by atoms with van der Waals surface area (Å²) in [6.45, 7) is 0. The Labute approximate surface area is 106 Å². The van der Waals surface area contributed by atoms with E-state index in [4.69, 9.17) is 10.6 Å². The van der Waals surface area contributed by atoms with Crippen LogP contribution in [0, 0.1) is 0 Å². The molecule has 1 unspecified atom stereocenters. The molecule has 96 valence electrons. The number of nitrogens with one attached hydrogen (secondary N) is 1. The van der Waals surface area contributed by atoms with Gasteiger partial charge < -0.3 is 4.74 Å². The van der Waals surface area contributed by atoms with Crippen LogP contribution in [0.3, 0.4) is 0 Å². The van der Waals surface area contributed by atoms with Gasteiger partial charge in [-0.25, -0.2) is 4.98 Å². The minimum absolute atomic E-state index is 0.0265. The lowest BCUT2D eigenvalue weighted by atomic mass is 10.1. The van der Waals surface area contributed by atoms with Gasteiger partial charge in [-0.05, 0) is 18.1 Å². The lowest BCUT2D eigenvalue weighted by Gasteiger charge is -2.13. The molecule has 0 amide bonds. The topological polar surface area (TPSA) is 78.0 Å². The van der Waals surface area contributed by atoms with Gasteiger partial charge in [0.2, 0.25) is 5.88 Å². The van der Waals surface area contributed by atoms with E-state index in [1.54, 1.807) is 18.0 Å². The molecule has 0 aliphatic carbocycles. The van der Waals surface area contributed by atoms with E-state index in [0.717, 1.165) is 17.7 Å². The third kappa shape index (κ3) is 2.85. The first-order chi connectivity index (χ1) is 8.72. The van der Waals surface area contributed by atoms with Gasteiger partial charge in [-0.2, -0.15) is 5.10 Å². The molecular formula is C12H17N5O. The maximum Gasteiger partial charge on any atom is 0.212 e. The Kier molecular flexibility index (Phi) is 3.91. The van der Waals surface area contributed by atoms with Crippen molar-refractivity contribution in [2.75, 3.05) is 7.11 Å². The standard InChI is InChI=1S/C12H17N5O/c1-17-6-5-10(16-17)11(15-13)7-9-3-4-12(18-2)14-8-9/h3-6,8,11,15H,7,13H2,1-2H3. The molecule has 6 nitrogen and oxygen atoms in total. The van der Waals surface area contributed by atoms with Crippen LogP contribution in [0.2, 0.25) is 0 Å². The molecule has 6 heteroatoms. The van der Waals surface area contributed by atoms with Crippen LogP contribution in [-0.2, 0) is 13.5 Å². The number of rotatable bonds is 5. The highest BCUT2D eigenvalue weighted by Crippen LogP contribution is 2.16. The van der Waals surface area contributed by atoms with Crippen LogP contribution in [0.25, 0.3) is 0 Å². The van der Waals surface area contributed by atoms with Crippen molar-refractivity contribution in [2.45, 2.75) is 12.5 Å². The summed E-state index contributed by atoms with van der Waals surface area (Å²) in [6, 6.07) is 5.73. The van der Waals surface area contributed by atoms with Crippen molar-refractivity contribution in [1.29, 1.82) is 0 Å². The zero-order chi connectivity index (χ0) is 13.0. The maximum atomic E-state index is 5.57. The monoisotopic (exact) mass is 247 g/mol. The molecule has 0 fully saturated rings. The molecule has 0 bridgehead atoms. The van der Waals surface area contributed by atoms with E-state index in [-0.39, 0.29) is 6.04 Å². The van der Waals surface area contributed by atoms with Gasteiger partial charge in [0.25, 0.3) is 0 Å². The number of hydrogen-bond acceptors (Lipinski definition) is 5. The van der Waals surface area contributed by atoms with Crippen LogP contribution in [0.15, 0.2) is 30.6 Å². The molecule has 1 atom stereocenters. The fraction of sp³-hybridized carbons (Fsp3) is 0.333. The summed E-state index contributed by atoms with van der Waals surface area (Å²) in [5.74, 6) is 6.18. The molecule has 0 saturated carbocycles. The highest BCUT2D eigenvalue weighted by molar-refractivity contribution is 5.20. The molecule has 2 aromatic rings. The predicted octanol–water partition coefficient (Wildman–Crippen LogP) is 0.571. The number of hydrogen-bond donors (Lipinski definition) is 2. The fourth-order valence-corrected chi connectivity index (χ4v) is 1.76. The van der Waals surface area contributed by atoms with Crippen molar-refractivity contribution in [3.8, 4) is 5.88 Å². The van der Waals surface area contributed by atoms with E-state index in [0.29, 0.717) is 5.88 Å². The van der Waals surface area contributed by atoms with Gasteiger partial charge in [0.05, 0.1) is 18.8 Å². The first-order valence-corrected chi connectivity index (χ1v) is 5.67. The minimum Gasteiger partial charge on any atom is -0.481 e. The molecule has 3 N–H and O–H groups in total. The van der Waals surface area contributed by atoms with Crippen LogP contribution in [0.4, 0.5) is 0 Å². The number of ether oxygens (including phenoxy) is 1. The zero-order valence-corrected chi connectivity index (χ0v) is 10.5. The summed E-state index contributed by atoms with van der Waals surface area (Å²) in [5, 5.41) is 4.34. The molecule has 18 heavy (non-hydrogen) atoms. The van der Waals surface area contributed by atoms with Crippen LogP contribution in [0.5, 0.6) is 5.88 Å². The highest BCUT2D eigenvalue weighted by Gasteiger charge is 2.13. The quantitative estimate of drug-likeness (QED) is 0.596. The van der Waals surface area contributed by atoms with Crippen LogP contribution >= 0.6 is 0 Å². The number of pyridine rings is 1. The predicted molar refractivity (Wildman–Crippen MR) is 67.8 cm³/mol. The Morgan fingerprint density at radius 2 is 2.28 bits per heavy atom. The van der Waals surface area contributed by atoms with Crippen molar-refractivity contribution in [3.05, 3.63) is 41.9 Å². The van der Waals surface area contributed by atoms with Crippen molar-refractivity contribution in [2.24, 2.45) is 12.9 Å². The Bertz CT molecular complexity index is 493. The van der Waals surface area contributed by atoms with Crippen molar-refractivity contribution in [3.63, 3.8) is 0 Å². The second-order valence-electron chi connectivity index (χ2n) is 4.05. The fourth-order valence-electron chi connectivity index (χ4n) is 1.76. The summed E-state index contributed by atoms with van der Waals surface area (Å²) in [7, 11) is 3.48. The number of aromatic nitrogens is 3. The summed E-state index contributed by atoms with van der Waals surface area (Å²) >= 11 is 0.